The predicted octanol–water partition coefficient (Wildman–Crippen LogP) is 3.67. The summed E-state index contributed by atoms with van der Waals surface area (Å²) in [4.78, 5) is 19.1. The number of guanidine groups is 1. The summed E-state index contributed by atoms with van der Waals surface area (Å²) in [6.07, 6.45) is -4.85. The molecule has 0 saturated heterocycles. The number of ether oxygens (including phenoxy) is 1. The summed E-state index contributed by atoms with van der Waals surface area (Å²) in [5.41, 5.74) is 6.33. The van der Waals surface area contributed by atoms with Crippen molar-refractivity contribution >= 4 is 22.0 Å². The molecule has 0 aliphatic carbocycles. The van der Waals surface area contributed by atoms with Crippen LogP contribution in [-0.2, 0) is 26.2 Å². The molecule has 1 heterocycles. The Morgan fingerprint density at radius 3 is 2.17 bits per heavy atom. The lowest BCUT2D eigenvalue weighted by Crippen LogP contribution is -2.41. The number of nitrogens with zero attached hydrogens (tertiary/aromatic N) is 2. The minimum absolute atomic E-state index is 0.0482. The molecule has 4 rings (SSSR count). The number of alkyl halides is 3. The first-order valence-electron chi connectivity index (χ1n) is 10.4. The van der Waals surface area contributed by atoms with Crippen LogP contribution in [0.3, 0.4) is 0 Å². The fourth-order valence-corrected chi connectivity index (χ4v) is 4.65. The Morgan fingerprint density at radius 2 is 1.61 bits per heavy atom. The van der Waals surface area contributed by atoms with Crippen LogP contribution in [0, 0.1) is 0 Å². The summed E-state index contributed by atoms with van der Waals surface area (Å²) in [5, 5.41) is 0. The van der Waals surface area contributed by atoms with Crippen molar-refractivity contribution in [2.75, 3.05) is 7.05 Å². The highest BCUT2D eigenvalue weighted by Gasteiger charge is 2.49. The predicted molar refractivity (Wildman–Crippen MR) is 125 cm³/mol. The van der Waals surface area contributed by atoms with E-state index in [0.717, 1.165) is 0 Å². The number of aliphatic imine (C=N–C) groups is 1. The van der Waals surface area contributed by atoms with E-state index < -0.39 is 39.4 Å². The van der Waals surface area contributed by atoms with Crippen molar-refractivity contribution in [3.05, 3.63) is 89.5 Å². The van der Waals surface area contributed by atoms with Gasteiger partial charge in [-0.2, -0.15) is 8.42 Å². The molecule has 3 aromatic rings. The molecule has 1 atom stereocenters. The normalized spacial score (nSPS) is 18.3. The molecule has 0 radical (unpaired) electrons. The molecule has 0 bridgehead atoms. The molecular weight excluding hydrogens is 499 g/mol. The van der Waals surface area contributed by atoms with E-state index in [9.17, 15) is 26.4 Å². The first-order valence-corrected chi connectivity index (χ1v) is 12.0. The van der Waals surface area contributed by atoms with E-state index in [1.54, 1.807) is 30.3 Å². The second kappa shape index (κ2) is 8.95. The molecule has 1 unspecified atom stereocenters. The monoisotopic (exact) mass is 519 g/mol. The van der Waals surface area contributed by atoms with Gasteiger partial charge in [-0.3, -0.25) is 14.2 Å². The summed E-state index contributed by atoms with van der Waals surface area (Å²) in [5.74, 6) is -1.53. The van der Waals surface area contributed by atoms with Gasteiger partial charge < -0.3 is 10.5 Å². The molecule has 0 saturated carbocycles. The van der Waals surface area contributed by atoms with Gasteiger partial charge in [-0.1, -0.05) is 54.6 Å². The molecule has 0 fully saturated rings. The molecule has 0 aromatic heterocycles. The first kappa shape index (κ1) is 25.2. The van der Waals surface area contributed by atoms with Crippen LogP contribution in [0.4, 0.5) is 13.2 Å². The van der Waals surface area contributed by atoms with Gasteiger partial charge >= 0.3 is 6.36 Å². The Labute approximate surface area is 204 Å². The second-order valence-electron chi connectivity index (χ2n) is 8.12. The van der Waals surface area contributed by atoms with Gasteiger partial charge in [0, 0.05) is 7.05 Å². The Kier molecular flexibility index (Phi) is 6.27. The molecule has 1 aliphatic heterocycles. The topological polar surface area (TPSA) is 122 Å². The van der Waals surface area contributed by atoms with Gasteiger partial charge in [0.25, 0.3) is 16.0 Å². The molecule has 36 heavy (non-hydrogen) atoms. The maximum absolute atomic E-state index is 13.5. The Bertz CT molecular complexity index is 1460. The van der Waals surface area contributed by atoms with E-state index in [2.05, 4.69) is 9.73 Å². The van der Waals surface area contributed by atoms with Crippen molar-refractivity contribution in [2.45, 2.75) is 17.7 Å². The Balaban J connectivity index is 1.81. The summed E-state index contributed by atoms with van der Waals surface area (Å²) < 4.78 is 73.6. The van der Waals surface area contributed by atoms with Gasteiger partial charge in [0.05, 0.1) is 0 Å². The summed E-state index contributed by atoms with van der Waals surface area (Å²) >= 11 is 0. The van der Waals surface area contributed by atoms with Crippen LogP contribution in [0.25, 0.3) is 11.1 Å². The number of likely N-dealkylation sites (N-methyl/N-ethyl adjacent to an activating group) is 1. The number of benzene rings is 3. The highest BCUT2D eigenvalue weighted by molar-refractivity contribution is 7.85. The molecular formula is C24H20F3N3O5S. The van der Waals surface area contributed by atoms with Crippen molar-refractivity contribution < 1.29 is 35.7 Å². The van der Waals surface area contributed by atoms with Crippen LogP contribution >= 0.6 is 0 Å². The number of amides is 1. The van der Waals surface area contributed by atoms with E-state index in [4.69, 9.17) is 10.3 Å². The van der Waals surface area contributed by atoms with Crippen LogP contribution in [0.5, 0.6) is 5.75 Å². The smallest absolute Gasteiger partial charge is 0.406 e. The van der Waals surface area contributed by atoms with Gasteiger partial charge in [0.2, 0.25) is 0 Å². The number of nitrogens with two attached hydrogens (primary N) is 1. The van der Waals surface area contributed by atoms with E-state index in [1.807, 2.05) is 0 Å². The second-order valence-corrected chi connectivity index (χ2v) is 9.58. The third-order valence-corrected chi connectivity index (χ3v) is 6.34. The van der Waals surface area contributed by atoms with Gasteiger partial charge in [-0.05, 0) is 46.0 Å². The molecule has 3 aromatic carbocycles. The van der Waals surface area contributed by atoms with Gasteiger partial charge in [0.15, 0.2) is 11.5 Å². The SMILES string of the molecule is CN1C(=O)C(c2ccc(CS(=O)(=O)O)cc2)(c2cccc(-c3cccc(OC(F)(F)F)c3)c2)N=C1N. The van der Waals surface area contributed by atoms with Crippen LogP contribution in [0.2, 0.25) is 0 Å². The fourth-order valence-electron chi connectivity index (χ4n) is 4.03. The zero-order valence-corrected chi connectivity index (χ0v) is 19.5. The van der Waals surface area contributed by atoms with E-state index in [1.165, 1.54) is 54.4 Å². The average molecular weight is 520 g/mol. The number of hydrogen-bond acceptors (Lipinski definition) is 6. The minimum Gasteiger partial charge on any atom is -0.406 e. The first-order chi connectivity index (χ1) is 16.8. The maximum atomic E-state index is 13.5. The van der Waals surface area contributed by atoms with Crippen molar-refractivity contribution in [1.29, 1.82) is 0 Å². The van der Waals surface area contributed by atoms with Crippen LogP contribution in [0.15, 0.2) is 77.8 Å². The van der Waals surface area contributed by atoms with Gasteiger partial charge in [-0.15, -0.1) is 13.2 Å². The standard InChI is InChI=1S/C24H20F3N3O5S/c1-30-21(31)23(29-22(30)28,18-10-8-15(9-11-18)14-36(32,33)34)19-6-2-4-16(12-19)17-5-3-7-20(13-17)35-24(25,26)27/h2-13H,14H2,1H3,(H2,28,29)(H,32,33,34). The summed E-state index contributed by atoms with van der Waals surface area (Å²) in [6.45, 7) is 0. The molecule has 1 amide bonds. The molecule has 3 N–H and O–H groups in total. The minimum atomic E-state index is -4.85. The lowest BCUT2D eigenvalue weighted by atomic mass is 9.81. The van der Waals surface area contributed by atoms with Crippen molar-refractivity contribution in [3.63, 3.8) is 0 Å². The van der Waals surface area contributed by atoms with E-state index in [0.29, 0.717) is 27.8 Å². The number of carbonyl (C=O) groups is 1. The lowest BCUT2D eigenvalue weighted by Gasteiger charge is -2.27. The number of halogens is 3. The molecule has 1 aliphatic rings. The zero-order chi connectivity index (χ0) is 26.3. The average Bonchev–Trinajstić information content (AvgIpc) is 3.02. The van der Waals surface area contributed by atoms with Crippen molar-refractivity contribution in [1.82, 2.24) is 4.90 Å². The third kappa shape index (κ3) is 5.04. The quantitative estimate of drug-likeness (QED) is 0.479. The highest BCUT2D eigenvalue weighted by atomic mass is 32.2. The van der Waals surface area contributed by atoms with Crippen LogP contribution < -0.4 is 10.5 Å². The van der Waals surface area contributed by atoms with Crippen molar-refractivity contribution in [3.8, 4) is 16.9 Å². The molecule has 0 spiro atoms. The number of rotatable bonds is 6. The largest absolute Gasteiger partial charge is 0.573 e. The Morgan fingerprint density at radius 1 is 1.00 bits per heavy atom. The summed E-state index contributed by atoms with van der Waals surface area (Å²) in [7, 11) is -2.80. The van der Waals surface area contributed by atoms with Crippen LogP contribution in [-0.4, -0.2) is 43.1 Å². The molecule has 8 nitrogen and oxygen atoms in total. The molecule has 12 heteroatoms. The highest BCUT2D eigenvalue weighted by Crippen LogP contribution is 2.41. The third-order valence-electron chi connectivity index (χ3n) is 5.64. The molecule has 188 valence electrons. The van der Waals surface area contributed by atoms with E-state index >= 15 is 0 Å². The lowest BCUT2D eigenvalue weighted by molar-refractivity contribution is -0.274. The Hall–Kier alpha value is -3.90. The van der Waals surface area contributed by atoms with Gasteiger partial charge in [0.1, 0.15) is 11.5 Å². The van der Waals surface area contributed by atoms with Gasteiger partial charge in [-0.25, -0.2) is 4.99 Å². The maximum Gasteiger partial charge on any atom is 0.573 e. The fraction of sp³-hybridized carbons (Fsp3) is 0.167. The van der Waals surface area contributed by atoms with Crippen molar-refractivity contribution in [2.24, 2.45) is 10.7 Å². The zero-order valence-electron chi connectivity index (χ0n) is 18.7. The van der Waals surface area contributed by atoms with Crippen LogP contribution in [0.1, 0.15) is 16.7 Å². The summed E-state index contributed by atoms with van der Waals surface area (Å²) in [6, 6.07) is 17.9. The number of carbonyl (C=O) groups excluding carboxylic acids is 1. The number of hydrogen-bond donors (Lipinski definition) is 2. The van der Waals surface area contributed by atoms with E-state index in [-0.39, 0.29) is 5.96 Å².